The third kappa shape index (κ3) is 5.85. The van der Waals surface area contributed by atoms with Gasteiger partial charge in [-0.15, -0.1) is 45.3 Å². The van der Waals surface area contributed by atoms with Gasteiger partial charge < -0.3 is 0 Å². The number of nitrogens with zero attached hydrogens (tertiary/aromatic N) is 6. The van der Waals surface area contributed by atoms with Crippen molar-refractivity contribution < 1.29 is 18.4 Å². The number of rotatable bonds is 4. The van der Waals surface area contributed by atoms with Crippen LogP contribution in [0.3, 0.4) is 0 Å². The molecule has 2 amide bonds. The molecule has 2 saturated heterocycles. The summed E-state index contributed by atoms with van der Waals surface area (Å²) in [5.74, 6) is -1.94. The van der Waals surface area contributed by atoms with Gasteiger partial charge in [-0.25, -0.2) is 8.78 Å². The molecule has 2 aliphatic carbocycles. The van der Waals surface area contributed by atoms with Crippen molar-refractivity contribution in [1.29, 1.82) is 0 Å². The molecule has 0 spiro atoms. The zero-order chi connectivity index (χ0) is 47.4. The third-order valence-electron chi connectivity index (χ3n) is 13.2. The highest BCUT2D eigenvalue weighted by Gasteiger charge is 2.46. The second kappa shape index (κ2) is 15.0. The van der Waals surface area contributed by atoms with Crippen LogP contribution in [-0.4, -0.2) is 61.8 Å². The van der Waals surface area contributed by atoms with Gasteiger partial charge in [0.15, 0.2) is 11.6 Å². The van der Waals surface area contributed by atoms with Crippen molar-refractivity contribution >= 4 is 213 Å². The molecule has 0 saturated carbocycles. The molecular weight excluding hydrogens is 1100 g/mol. The van der Waals surface area contributed by atoms with Crippen LogP contribution in [-0.2, 0) is 20.4 Å². The molecule has 2 fully saturated rings. The van der Waals surface area contributed by atoms with Crippen LogP contribution in [0.15, 0.2) is 34.1 Å². The summed E-state index contributed by atoms with van der Waals surface area (Å²) in [6.45, 7) is 9.09. The highest BCUT2D eigenvalue weighted by molar-refractivity contribution is 8.27. The predicted molar refractivity (Wildman–Crippen MR) is 293 cm³/mol. The van der Waals surface area contributed by atoms with E-state index in [-0.39, 0.29) is 43.8 Å². The van der Waals surface area contributed by atoms with Crippen LogP contribution in [0.2, 0.25) is 10.0 Å². The van der Waals surface area contributed by atoms with Crippen LogP contribution < -0.4 is 0 Å². The summed E-state index contributed by atoms with van der Waals surface area (Å²) in [6.07, 6.45) is 2.95. The number of carbonyl (C=O) groups is 2. The zero-order valence-corrected chi connectivity index (χ0v) is 45.2. The summed E-state index contributed by atoms with van der Waals surface area (Å²) in [5.41, 5.74) is 9.53. The number of carbonyl (C=O) groups excluding carboxylic acids is 2. The number of aromatic nitrogens is 4. The molecular formula is C46H24Cl2F2N6O2S10. The van der Waals surface area contributed by atoms with Crippen molar-refractivity contribution in [2.24, 2.45) is 0 Å². The van der Waals surface area contributed by atoms with Crippen molar-refractivity contribution in [3.63, 3.8) is 0 Å². The molecule has 338 valence electrons. The van der Waals surface area contributed by atoms with Crippen molar-refractivity contribution in [2.75, 3.05) is 14.1 Å². The molecule has 3 aromatic carbocycles. The number of hydrogen-bond acceptors (Lipinski definition) is 16. The molecule has 68 heavy (non-hydrogen) atoms. The fourth-order valence-corrected chi connectivity index (χ4v) is 20.0. The Balaban J connectivity index is 0.881. The highest BCUT2D eigenvalue weighted by Crippen LogP contribution is 2.64. The van der Waals surface area contributed by atoms with Gasteiger partial charge in [0.25, 0.3) is 11.8 Å². The normalized spacial score (nSPS) is 18.4. The first kappa shape index (κ1) is 44.3. The average molecular weight is 1120 g/mol. The Morgan fingerprint density at radius 2 is 0.985 bits per heavy atom. The number of thioether (sulfide) groups is 2. The number of likely N-dealkylation sites (N-methyl/N-ethyl adjacent to an activating group) is 2. The smallest absolute Gasteiger partial charge is 0.265 e. The minimum absolute atomic E-state index is 0.0693. The van der Waals surface area contributed by atoms with Gasteiger partial charge >= 0.3 is 0 Å². The second-order valence-corrected chi connectivity index (χ2v) is 27.0. The maximum Gasteiger partial charge on any atom is 0.265 e. The average Bonchev–Trinajstić information content (AvgIpc) is 4.18. The summed E-state index contributed by atoms with van der Waals surface area (Å²) in [4.78, 5) is 33.0. The van der Waals surface area contributed by atoms with Crippen molar-refractivity contribution in [1.82, 2.24) is 27.3 Å². The number of hydrogen-bond donors (Lipinski definition) is 0. The first-order valence-corrected chi connectivity index (χ1v) is 28.3. The molecule has 22 heteroatoms. The van der Waals surface area contributed by atoms with E-state index in [2.05, 4.69) is 69.5 Å². The van der Waals surface area contributed by atoms with Crippen LogP contribution in [0.5, 0.6) is 0 Å². The van der Waals surface area contributed by atoms with E-state index in [0.717, 1.165) is 75.5 Å². The zero-order valence-electron chi connectivity index (χ0n) is 35.6. The lowest BCUT2D eigenvalue weighted by Crippen LogP contribution is -2.22. The predicted octanol–water partition coefficient (Wildman–Crippen LogP) is 15.4. The molecule has 2 aliphatic heterocycles. The first-order chi connectivity index (χ1) is 32.4. The maximum absolute atomic E-state index is 16.4. The summed E-state index contributed by atoms with van der Waals surface area (Å²) in [6, 6.07) is 8.94. The Morgan fingerprint density at radius 1 is 0.603 bits per heavy atom. The van der Waals surface area contributed by atoms with Crippen LogP contribution in [0, 0.1) is 11.6 Å². The van der Waals surface area contributed by atoms with Gasteiger partial charge in [0.05, 0.1) is 52.7 Å². The van der Waals surface area contributed by atoms with Crippen molar-refractivity contribution in [2.45, 2.75) is 38.5 Å². The Hall–Kier alpha value is -3.64. The van der Waals surface area contributed by atoms with Gasteiger partial charge in [0, 0.05) is 76.1 Å². The van der Waals surface area contributed by atoms with Gasteiger partial charge in [0.2, 0.25) is 0 Å². The van der Waals surface area contributed by atoms with E-state index >= 15 is 8.78 Å². The topological polar surface area (TPSA) is 92.2 Å². The number of thiocarbonyl (C=S) groups is 2. The van der Waals surface area contributed by atoms with E-state index in [0.29, 0.717) is 51.6 Å². The largest absolute Gasteiger partial charge is 0.296 e. The Kier molecular flexibility index (Phi) is 9.74. The number of benzene rings is 3. The van der Waals surface area contributed by atoms with Gasteiger partial charge in [-0.1, -0.05) is 98.9 Å². The Morgan fingerprint density at radius 3 is 1.35 bits per heavy atom. The van der Waals surface area contributed by atoms with Crippen molar-refractivity contribution in [3.8, 4) is 41.8 Å². The lowest BCUT2D eigenvalue weighted by molar-refractivity contribution is -0.122. The molecule has 6 aromatic heterocycles. The van der Waals surface area contributed by atoms with E-state index < -0.39 is 11.6 Å². The molecule has 8 heterocycles. The fraction of sp³-hybridized carbons (Fsp3) is 0.174. The first-order valence-electron chi connectivity index (χ1n) is 20.4. The molecule has 0 unspecified atom stereocenters. The van der Waals surface area contributed by atoms with Crippen LogP contribution in [0.1, 0.15) is 61.1 Å². The van der Waals surface area contributed by atoms with Gasteiger partial charge in [0.1, 0.15) is 30.7 Å². The Labute approximate surface area is 438 Å². The van der Waals surface area contributed by atoms with Crippen LogP contribution in [0.4, 0.5) is 8.78 Å². The van der Waals surface area contributed by atoms with E-state index in [1.165, 1.54) is 65.1 Å². The van der Waals surface area contributed by atoms with Crippen LogP contribution >= 0.6 is 140 Å². The minimum Gasteiger partial charge on any atom is -0.296 e. The van der Waals surface area contributed by atoms with E-state index in [4.69, 9.17) is 47.6 Å². The molecule has 9 aromatic rings. The van der Waals surface area contributed by atoms with Crippen LogP contribution in [0.25, 0.3) is 94.8 Å². The molecule has 4 aliphatic rings. The number of halogens is 4. The summed E-state index contributed by atoms with van der Waals surface area (Å²) >= 11 is 35.3. The summed E-state index contributed by atoms with van der Waals surface area (Å²) < 4.78 is 56.1. The molecule has 0 atom stereocenters. The van der Waals surface area contributed by atoms with Gasteiger partial charge in [-0.3, -0.25) is 19.4 Å². The molecule has 13 rings (SSSR count). The van der Waals surface area contributed by atoms with Crippen molar-refractivity contribution in [3.05, 3.63) is 89.1 Å². The Bertz CT molecular complexity index is 3760. The van der Waals surface area contributed by atoms with Gasteiger partial charge in [-0.2, -0.15) is 17.5 Å². The third-order valence-corrected chi connectivity index (χ3v) is 22.9. The quantitative estimate of drug-likeness (QED) is 0.125. The van der Waals surface area contributed by atoms with E-state index in [1.54, 1.807) is 59.4 Å². The minimum atomic E-state index is -0.661. The highest BCUT2D eigenvalue weighted by atomic mass is 35.5. The summed E-state index contributed by atoms with van der Waals surface area (Å²) in [5, 5.41) is -0.139. The lowest BCUT2D eigenvalue weighted by Gasteiger charge is -2.24. The maximum atomic E-state index is 16.4. The lowest BCUT2D eigenvalue weighted by atomic mass is 9.79. The summed E-state index contributed by atoms with van der Waals surface area (Å²) in [7, 11) is 3.19. The fourth-order valence-electron chi connectivity index (χ4n) is 9.81. The monoisotopic (exact) mass is 1120 g/mol. The molecule has 0 radical (unpaired) electrons. The van der Waals surface area contributed by atoms with Gasteiger partial charge in [-0.05, 0) is 69.8 Å². The molecule has 0 bridgehead atoms. The molecule has 0 N–H and O–H groups in total. The second-order valence-electron chi connectivity index (χ2n) is 17.7. The molecule has 8 nitrogen and oxygen atoms in total. The number of fused-ring (bicyclic) bond motifs is 12. The standard InChI is InChI=1S/C46H24Cl2F2N6O2S10/c1-45(2)17-7-14-18(8-13(17)37-27(45)39-21(63-37)11-19(61-39)25-29(47)31(49)15(33-35(25)53-67-51-33)9-23-41(57)55(5)43(59)65-23)46(3,4)28-38(14)64-22-12-20(62-40(22)28)26-30(48)32(50)16(34-36(26)54-68-52-34)10-24-42(58)56(6)44(60)66-24/h7-12H,1-6H3/b23-9-,24-10-. The SMILES string of the molecule is CN1C(=O)/C(=C/c2c(F)c(Cl)c(-c3cc4sc5c(c4s3)C(C)(C)c3cc4c(cc3-5)C(C)(C)c3c-4sc4cc(-c5c(Cl)c(F)c(/C=C6\SC(=S)N(C)C6=O)c6nsnc56)sc34)c3nsnc23)SC1=S. The van der Waals surface area contributed by atoms with E-state index in [9.17, 15) is 9.59 Å². The van der Waals surface area contributed by atoms with E-state index in [1.807, 2.05) is 0 Å². The number of amides is 2. The number of thiophene rings is 4.